The topological polar surface area (TPSA) is 101 Å². The molecule has 0 atom stereocenters. The standard InChI is InChI=1S/C14H16N4O2/c1-3-11-12(15)13(18-17-11)14(20)16-10-6-4-5-9(7-10)8(2)19/h4-7H,3,15H2,1-2H3,(H,16,20)(H,17,18). The number of amides is 1. The van der Waals surface area contributed by atoms with Crippen LogP contribution in [0.1, 0.15) is 40.4 Å². The number of anilines is 2. The fraction of sp³-hybridized carbons (Fsp3) is 0.214. The number of H-pyrrole nitrogens is 1. The molecule has 0 unspecified atom stereocenters. The number of carbonyl (C=O) groups excluding carboxylic acids is 2. The molecule has 20 heavy (non-hydrogen) atoms. The summed E-state index contributed by atoms with van der Waals surface area (Å²) in [5, 5.41) is 9.32. The molecule has 0 fully saturated rings. The summed E-state index contributed by atoms with van der Waals surface area (Å²) in [7, 11) is 0. The lowest BCUT2D eigenvalue weighted by atomic mass is 10.1. The van der Waals surface area contributed by atoms with Crippen molar-refractivity contribution in [1.82, 2.24) is 10.2 Å². The van der Waals surface area contributed by atoms with Crippen LogP contribution in [0.15, 0.2) is 24.3 Å². The quantitative estimate of drug-likeness (QED) is 0.741. The Kier molecular flexibility index (Phi) is 3.84. The van der Waals surface area contributed by atoms with Crippen LogP contribution in [0.5, 0.6) is 0 Å². The summed E-state index contributed by atoms with van der Waals surface area (Å²) < 4.78 is 0. The fourth-order valence-electron chi connectivity index (χ4n) is 1.84. The number of aromatic amines is 1. The number of carbonyl (C=O) groups is 2. The van der Waals surface area contributed by atoms with Crippen molar-refractivity contribution in [2.75, 3.05) is 11.1 Å². The van der Waals surface area contributed by atoms with E-state index in [0.717, 1.165) is 5.69 Å². The molecule has 1 heterocycles. The molecule has 1 amide bonds. The predicted molar refractivity (Wildman–Crippen MR) is 76.8 cm³/mol. The van der Waals surface area contributed by atoms with Crippen molar-refractivity contribution in [2.24, 2.45) is 0 Å². The van der Waals surface area contributed by atoms with E-state index in [2.05, 4.69) is 15.5 Å². The van der Waals surface area contributed by atoms with E-state index in [4.69, 9.17) is 5.73 Å². The lowest BCUT2D eigenvalue weighted by Gasteiger charge is -2.05. The number of ketones is 1. The molecule has 6 heteroatoms. The third-order valence-electron chi connectivity index (χ3n) is 2.98. The van der Waals surface area contributed by atoms with Crippen LogP contribution < -0.4 is 11.1 Å². The average Bonchev–Trinajstić information content (AvgIpc) is 2.80. The van der Waals surface area contributed by atoms with Gasteiger partial charge in [-0.3, -0.25) is 14.7 Å². The molecule has 104 valence electrons. The van der Waals surface area contributed by atoms with Crippen molar-refractivity contribution in [1.29, 1.82) is 0 Å². The van der Waals surface area contributed by atoms with E-state index in [1.807, 2.05) is 6.92 Å². The molecular formula is C14H16N4O2. The SMILES string of the molecule is CCc1[nH]nc(C(=O)Nc2cccc(C(C)=O)c2)c1N. The van der Waals surface area contributed by atoms with Gasteiger partial charge in [0.25, 0.3) is 5.91 Å². The van der Waals surface area contributed by atoms with Crippen LogP contribution in [-0.2, 0) is 6.42 Å². The van der Waals surface area contributed by atoms with Gasteiger partial charge in [-0.25, -0.2) is 0 Å². The first-order chi connectivity index (χ1) is 9.52. The first-order valence-electron chi connectivity index (χ1n) is 6.28. The maximum absolute atomic E-state index is 12.1. The number of nitrogens with two attached hydrogens (primary N) is 1. The molecule has 0 saturated carbocycles. The fourth-order valence-corrected chi connectivity index (χ4v) is 1.84. The largest absolute Gasteiger partial charge is 0.395 e. The number of nitrogens with one attached hydrogen (secondary N) is 2. The third-order valence-corrected chi connectivity index (χ3v) is 2.98. The van der Waals surface area contributed by atoms with E-state index in [9.17, 15) is 9.59 Å². The molecule has 0 bridgehead atoms. The average molecular weight is 272 g/mol. The van der Waals surface area contributed by atoms with Gasteiger partial charge in [0.1, 0.15) is 0 Å². The third kappa shape index (κ3) is 2.69. The van der Waals surface area contributed by atoms with Crippen molar-refractivity contribution in [2.45, 2.75) is 20.3 Å². The van der Waals surface area contributed by atoms with Gasteiger partial charge in [0.2, 0.25) is 0 Å². The van der Waals surface area contributed by atoms with Crippen LogP contribution in [0.3, 0.4) is 0 Å². The lowest BCUT2D eigenvalue weighted by Crippen LogP contribution is -2.14. The molecule has 6 nitrogen and oxygen atoms in total. The second-order valence-electron chi connectivity index (χ2n) is 4.41. The highest BCUT2D eigenvalue weighted by molar-refractivity contribution is 6.07. The first-order valence-corrected chi connectivity index (χ1v) is 6.28. The zero-order chi connectivity index (χ0) is 14.7. The summed E-state index contributed by atoms with van der Waals surface area (Å²) in [6.07, 6.45) is 0.673. The summed E-state index contributed by atoms with van der Waals surface area (Å²) in [6.45, 7) is 3.39. The summed E-state index contributed by atoms with van der Waals surface area (Å²) >= 11 is 0. The van der Waals surface area contributed by atoms with Crippen LogP contribution in [0.4, 0.5) is 11.4 Å². The number of rotatable bonds is 4. The molecule has 1 aromatic heterocycles. The van der Waals surface area contributed by atoms with Gasteiger partial charge in [0, 0.05) is 11.3 Å². The molecule has 1 aromatic carbocycles. The van der Waals surface area contributed by atoms with E-state index in [-0.39, 0.29) is 11.5 Å². The molecule has 4 N–H and O–H groups in total. The Morgan fingerprint density at radius 2 is 2.15 bits per heavy atom. The van der Waals surface area contributed by atoms with E-state index < -0.39 is 5.91 Å². The number of Topliss-reactive ketones (excluding diaryl/α,β-unsaturated/α-hetero) is 1. The summed E-state index contributed by atoms with van der Waals surface area (Å²) in [6, 6.07) is 6.71. The minimum Gasteiger partial charge on any atom is -0.395 e. The number of aromatic nitrogens is 2. The van der Waals surface area contributed by atoms with Crippen molar-refractivity contribution in [3.05, 3.63) is 41.2 Å². The van der Waals surface area contributed by atoms with Crippen LogP contribution >= 0.6 is 0 Å². The Morgan fingerprint density at radius 3 is 2.75 bits per heavy atom. The first kappa shape index (κ1) is 13.8. The zero-order valence-electron chi connectivity index (χ0n) is 11.4. The van der Waals surface area contributed by atoms with Crippen LogP contribution in [0.25, 0.3) is 0 Å². The van der Waals surface area contributed by atoms with Gasteiger partial charge in [0.15, 0.2) is 11.5 Å². The molecule has 2 aromatic rings. The van der Waals surface area contributed by atoms with Gasteiger partial charge in [-0.1, -0.05) is 19.1 Å². The highest BCUT2D eigenvalue weighted by atomic mass is 16.2. The number of hydrogen-bond acceptors (Lipinski definition) is 4. The van der Waals surface area contributed by atoms with Crippen molar-refractivity contribution in [3.63, 3.8) is 0 Å². The molecule has 0 aliphatic rings. The maximum Gasteiger partial charge on any atom is 0.278 e. The molecular weight excluding hydrogens is 256 g/mol. The number of nitrogens with zero attached hydrogens (tertiary/aromatic N) is 1. The Morgan fingerprint density at radius 1 is 1.40 bits per heavy atom. The molecule has 0 spiro atoms. The Bertz CT molecular complexity index is 661. The highest BCUT2D eigenvalue weighted by Crippen LogP contribution is 2.17. The lowest BCUT2D eigenvalue weighted by molar-refractivity contribution is 0.100. The second-order valence-corrected chi connectivity index (χ2v) is 4.41. The number of nitrogen functional groups attached to an aromatic ring is 1. The number of hydrogen-bond donors (Lipinski definition) is 3. The minimum atomic E-state index is -0.404. The zero-order valence-corrected chi connectivity index (χ0v) is 11.4. The number of benzene rings is 1. The second kappa shape index (κ2) is 5.56. The highest BCUT2D eigenvalue weighted by Gasteiger charge is 2.16. The van der Waals surface area contributed by atoms with Crippen LogP contribution in [-0.4, -0.2) is 21.9 Å². The van der Waals surface area contributed by atoms with E-state index in [1.165, 1.54) is 6.92 Å². The molecule has 0 aliphatic carbocycles. The molecule has 0 radical (unpaired) electrons. The maximum atomic E-state index is 12.1. The molecule has 2 rings (SSSR count). The van der Waals surface area contributed by atoms with Gasteiger partial charge in [-0.2, -0.15) is 5.10 Å². The van der Waals surface area contributed by atoms with E-state index in [1.54, 1.807) is 24.3 Å². The van der Waals surface area contributed by atoms with Crippen molar-refractivity contribution in [3.8, 4) is 0 Å². The van der Waals surface area contributed by atoms with E-state index >= 15 is 0 Å². The summed E-state index contributed by atoms with van der Waals surface area (Å²) in [5.74, 6) is -0.465. The Balaban J connectivity index is 2.21. The normalized spacial score (nSPS) is 10.3. The predicted octanol–water partition coefficient (Wildman–Crippen LogP) is 2.01. The number of aryl methyl sites for hydroxylation is 1. The van der Waals surface area contributed by atoms with Crippen molar-refractivity contribution >= 4 is 23.1 Å². The molecule has 0 saturated heterocycles. The molecule has 0 aliphatic heterocycles. The van der Waals surface area contributed by atoms with Crippen LogP contribution in [0.2, 0.25) is 0 Å². The Hall–Kier alpha value is -2.63. The van der Waals surface area contributed by atoms with Gasteiger partial charge in [-0.05, 0) is 25.5 Å². The van der Waals surface area contributed by atoms with Gasteiger partial charge in [-0.15, -0.1) is 0 Å². The van der Waals surface area contributed by atoms with Crippen molar-refractivity contribution < 1.29 is 9.59 Å². The van der Waals surface area contributed by atoms with E-state index in [0.29, 0.717) is 23.4 Å². The Labute approximate surface area is 116 Å². The van der Waals surface area contributed by atoms with Gasteiger partial charge < -0.3 is 11.1 Å². The minimum absolute atomic E-state index is 0.0614. The monoisotopic (exact) mass is 272 g/mol. The summed E-state index contributed by atoms with van der Waals surface area (Å²) in [4.78, 5) is 23.4. The van der Waals surface area contributed by atoms with Crippen LogP contribution in [0, 0.1) is 0 Å². The smallest absolute Gasteiger partial charge is 0.278 e. The summed E-state index contributed by atoms with van der Waals surface area (Å²) in [5.41, 5.74) is 8.15. The van der Waals surface area contributed by atoms with Gasteiger partial charge in [0.05, 0.1) is 11.4 Å². The van der Waals surface area contributed by atoms with Gasteiger partial charge >= 0.3 is 0 Å².